The third kappa shape index (κ3) is 3.40. The van der Waals surface area contributed by atoms with E-state index in [0.717, 1.165) is 23.3 Å². The Morgan fingerprint density at radius 1 is 1.35 bits per heavy atom. The van der Waals surface area contributed by atoms with Gasteiger partial charge in [-0.2, -0.15) is 5.26 Å². The first-order chi connectivity index (χ1) is 11.0. The van der Waals surface area contributed by atoms with Gasteiger partial charge in [-0.1, -0.05) is 23.7 Å². The van der Waals surface area contributed by atoms with Crippen LogP contribution in [-0.4, -0.2) is 17.6 Å². The maximum atomic E-state index is 12.1. The van der Waals surface area contributed by atoms with Gasteiger partial charge in [0, 0.05) is 17.0 Å². The zero-order valence-corrected chi connectivity index (χ0v) is 13.8. The highest BCUT2D eigenvalue weighted by molar-refractivity contribution is 7.16. The second-order valence-corrected chi connectivity index (χ2v) is 7.39. The first kappa shape index (κ1) is 16.0. The zero-order valence-electron chi connectivity index (χ0n) is 12.3. The Labute approximate surface area is 143 Å². The average molecular weight is 347 g/mol. The molecule has 4 nitrogen and oxygen atoms in total. The number of nitriles is 1. The van der Waals surface area contributed by atoms with Crippen LogP contribution in [0.5, 0.6) is 0 Å². The van der Waals surface area contributed by atoms with Gasteiger partial charge in [0.1, 0.15) is 6.10 Å². The number of aliphatic hydroxyl groups is 1. The third-order valence-electron chi connectivity index (χ3n) is 4.04. The molecule has 23 heavy (non-hydrogen) atoms. The van der Waals surface area contributed by atoms with E-state index in [1.54, 1.807) is 24.3 Å². The van der Waals surface area contributed by atoms with Crippen LogP contribution in [0, 0.1) is 11.3 Å². The van der Waals surface area contributed by atoms with Gasteiger partial charge in [0.05, 0.1) is 15.8 Å². The summed E-state index contributed by atoms with van der Waals surface area (Å²) >= 11 is 7.12. The molecule has 1 atom stereocenters. The van der Waals surface area contributed by atoms with Crippen LogP contribution in [0.4, 0.5) is 0 Å². The molecule has 3 rings (SSSR count). The second kappa shape index (κ2) is 6.32. The Morgan fingerprint density at radius 2 is 2.04 bits per heavy atom. The fourth-order valence-corrected chi connectivity index (χ4v) is 3.48. The fraction of sp³-hybridized carbons (Fsp3) is 0.294. The summed E-state index contributed by atoms with van der Waals surface area (Å²) in [7, 11) is 0. The van der Waals surface area contributed by atoms with E-state index < -0.39 is 6.10 Å². The smallest absolute Gasteiger partial charge is 0.251 e. The minimum absolute atomic E-state index is 0.125. The monoisotopic (exact) mass is 346 g/mol. The Hall–Kier alpha value is -1.87. The van der Waals surface area contributed by atoms with Crippen molar-refractivity contribution in [3.8, 4) is 6.07 Å². The molecule has 6 heteroatoms. The van der Waals surface area contributed by atoms with Crippen molar-refractivity contribution in [1.82, 2.24) is 5.32 Å². The Balaban J connectivity index is 1.59. The van der Waals surface area contributed by atoms with Crippen LogP contribution in [0.15, 0.2) is 36.4 Å². The van der Waals surface area contributed by atoms with Crippen LogP contribution in [0.25, 0.3) is 0 Å². The maximum absolute atomic E-state index is 12.1. The van der Waals surface area contributed by atoms with E-state index in [1.165, 1.54) is 11.3 Å². The van der Waals surface area contributed by atoms with Gasteiger partial charge in [0.25, 0.3) is 5.91 Å². The van der Waals surface area contributed by atoms with Crippen molar-refractivity contribution in [3.05, 3.63) is 56.7 Å². The van der Waals surface area contributed by atoms with Crippen molar-refractivity contribution in [3.63, 3.8) is 0 Å². The largest absolute Gasteiger partial charge is 0.386 e. The van der Waals surface area contributed by atoms with Crippen LogP contribution < -0.4 is 5.32 Å². The highest BCUT2D eigenvalue weighted by Gasteiger charge is 2.44. The van der Waals surface area contributed by atoms with Crippen LogP contribution in [-0.2, 0) is 5.41 Å². The molecule has 1 aliphatic carbocycles. The summed E-state index contributed by atoms with van der Waals surface area (Å²) in [5, 5.41) is 21.9. The van der Waals surface area contributed by atoms with Gasteiger partial charge in [-0.3, -0.25) is 4.79 Å². The van der Waals surface area contributed by atoms with Crippen LogP contribution in [0.3, 0.4) is 0 Å². The number of amides is 1. The molecule has 1 saturated carbocycles. The zero-order chi connectivity index (χ0) is 16.4. The third-order valence-corrected chi connectivity index (χ3v) is 5.37. The van der Waals surface area contributed by atoms with E-state index in [0.29, 0.717) is 9.90 Å². The number of nitrogens with zero attached hydrogens (tertiary/aromatic N) is 1. The lowest BCUT2D eigenvalue weighted by Crippen LogP contribution is -2.28. The standard InChI is InChI=1S/C17H15ClN2O2S/c18-15-6-5-14(23-15)13(21)9-20-16(22)11-1-3-12(4-2-11)17(10-19)7-8-17/h1-6,13,21H,7-9H2,(H,20,22). The summed E-state index contributed by atoms with van der Waals surface area (Å²) in [5.41, 5.74) is 1.13. The molecule has 118 valence electrons. The minimum atomic E-state index is -0.774. The Kier molecular flexibility index (Phi) is 4.40. The van der Waals surface area contributed by atoms with Gasteiger partial charge in [-0.05, 0) is 42.7 Å². The first-order valence-electron chi connectivity index (χ1n) is 7.27. The number of thiophene rings is 1. The van der Waals surface area contributed by atoms with E-state index in [4.69, 9.17) is 11.6 Å². The molecule has 0 spiro atoms. The lowest BCUT2D eigenvalue weighted by molar-refractivity contribution is 0.0918. The molecule has 1 heterocycles. The molecule has 1 aliphatic rings. The normalized spacial score (nSPS) is 16.4. The van der Waals surface area contributed by atoms with Crippen molar-refractivity contribution in [2.45, 2.75) is 24.4 Å². The number of benzene rings is 1. The van der Waals surface area contributed by atoms with Gasteiger partial charge in [-0.25, -0.2) is 0 Å². The summed E-state index contributed by atoms with van der Waals surface area (Å²) in [6.07, 6.45) is 0.985. The lowest BCUT2D eigenvalue weighted by atomic mass is 9.96. The van der Waals surface area contributed by atoms with Gasteiger partial charge in [0.2, 0.25) is 0 Å². The summed E-state index contributed by atoms with van der Waals surface area (Å²) in [5.74, 6) is -0.250. The van der Waals surface area contributed by atoms with E-state index >= 15 is 0 Å². The summed E-state index contributed by atoms with van der Waals surface area (Å²) < 4.78 is 0.604. The molecule has 0 aliphatic heterocycles. The minimum Gasteiger partial charge on any atom is -0.386 e. The number of halogens is 1. The van der Waals surface area contributed by atoms with Crippen LogP contribution in [0.1, 0.15) is 39.7 Å². The molecule has 1 fully saturated rings. The SMILES string of the molecule is N#CC1(c2ccc(C(=O)NCC(O)c3ccc(Cl)s3)cc2)CC1. The fourth-order valence-electron chi connectivity index (χ4n) is 2.43. The molecule has 1 aromatic carbocycles. The predicted molar refractivity (Wildman–Crippen MR) is 89.6 cm³/mol. The molecule has 0 saturated heterocycles. The summed E-state index contributed by atoms with van der Waals surface area (Å²) in [6, 6.07) is 12.9. The maximum Gasteiger partial charge on any atom is 0.251 e. The molecule has 2 aromatic rings. The van der Waals surface area contributed by atoms with Crippen molar-refractivity contribution in [2.24, 2.45) is 0 Å². The molecule has 0 radical (unpaired) electrons. The Morgan fingerprint density at radius 3 is 2.57 bits per heavy atom. The van der Waals surface area contributed by atoms with Crippen molar-refractivity contribution in [2.75, 3.05) is 6.54 Å². The quantitative estimate of drug-likeness (QED) is 0.871. The van der Waals surface area contributed by atoms with Crippen LogP contribution in [0.2, 0.25) is 4.34 Å². The number of aliphatic hydroxyl groups excluding tert-OH is 1. The summed E-state index contributed by atoms with van der Waals surface area (Å²) in [6.45, 7) is 0.125. The highest BCUT2D eigenvalue weighted by atomic mass is 35.5. The molecule has 2 N–H and O–H groups in total. The van der Waals surface area contributed by atoms with E-state index in [-0.39, 0.29) is 17.9 Å². The van der Waals surface area contributed by atoms with E-state index in [2.05, 4.69) is 11.4 Å². The first-order valence-corrected chi connectivity index (χ1v) is 8.47. The van der Waals surface area contributed by atoms with Gasteiger partial charge in [0.15, 0.2) is 0 Å². The van der Waals surface area contributed by atoms with Crippen LogP contribution >= 0.6 is 22.9 Å². The van der Waals surface area contributed by atoms with Crippen molar-refractivity contribution in [1.29, 1.82) is 5.26 Å². The number of nitrogens with one attached hydrogen (secondary N) is 1. The molecular weight excluding hydrogens is 332 g/mol. The number of rotatable bonds is 5. The average Bonchev–Trinajstić information content (AvgIpc) is 3.26. The van der Waals surface area contributed by atoms with E-state index in [1.807, 2.05) is 12.1 Å². The molecule has 1 unspecified atom stereocenters. The molecule has 1 aromatic heterocycles. The number of carbonyl (C=O) groups excluding carboxylic acids is 1. The second-order valence-electron chi connectivity index (χ2n) is 5.64. The van der Waals surface area contributed by atoms with Gasteiger partial charge in [-0.15, -0.1) is 11.3 Å². The predicted octanol–water partition coefficient (Wildman–Crippen LogP) is 3.42. The number of carbonyl (C=O) groups is 1. The highest BCUT2D eigenvalue weighted by Crippen LogP contribution is 2.47. The van der Waals surface area contributed by atoms with E-state index in [9.17, 15) is 15.2 Å². The summed E-state index contributed by atoms with van der Waals surface area (Å²) in [4.78, 5) is 12.8. The van der Waals surface area contributed by atoms with Gasteiger partial charge < -0.3 is 10.4 Å². The molecule has 1 amide bonds. The van der Waals surface area contributed by atoms with Crippen molar-refractivity contribution >= 4 is 28.8 Å². The molecule has 0 bridgehead atoms. The van der Waals surface area contributed by atoms with Gasteiger partial charge >= 0.3 is 0 Å². The number of hydrogen-bond donors (Lipinski definition) is 2. The van der Waals surface area contributed by atoms with Crippen molar-refractivity contribution < 1.29 is 9.90 Å². The number of hydrogen-bond acceptors (Lipinski definition) is 4. The molecular formula is C17H15ClN2O2S. The topological polar surface area (TPSA) is 73.1 Å². The lowest BCUT2D eigenvalue weighted by Gasteiger charge is -2.11. The Bertz CT molecular complexity index is 760.